The predicted molar refractivity (Wildman–Crippen MR) is 62.6 cm³/mol. The van der Waals surface area contributed by atoms with Crippen LogP contribution < -0.4 is 4.90 Å². The molecule has 1 fully saturated rings. The first-order chi connectivity index (χ1) is 6.61. The quantitative estimate of drug-likeness (QED) is 0.765. The van der Waals surface area contributed by atoms with Crippen LogP contribution in [0.1, 0.15) is 26.7 Å². The zero-order valence-electron chi connectivity index (χ0n) is 8.63. The van der Waals surface area contributed by atoms with E-state index in [1.807, 2.05) is 12.3 Å². The van der Waals surface area contributed by atoms with Gasteiger partial charge in [-0.2, -0.15) is 0 Å². The van der Waals surface area contributed by atoms with E-state index in [9.17, 15) is 0 Å². The molecule has 0 bridgehead atoms. The van der Waals surface area contributed by atoms with Crippen LogP contribution in [0.5, 0.6) is 0 Å². The first kappa shape index (κ1) is 9.97. The van der Waals surface area contributed by atoms with Gasteiger partial charge in [0.2, 0.25) is 0 Å². The van der Waals surface area contributed by atoms with Crippen LogP contribution in [0.15, 0.2) is 22.8 Å². The lowest BCUT2D eigenvalue weighted by Crippen LogP contribution is -2.38. The van der Waals surface area contributed by atoms with Crippen LogP contribution in [0.4, 0.5) is 5.82 Å². The molecular formula is C11H15BrN2. The summed E-state index contributed by atoms with van der Waals surface area (Å²) in [5.74, 6) is 1.08. The van der Waals surface area contributed by atoms with Crippen LogP contribution >= 0.6 is 15.9 Å². The third kappa shape index (κ3) is 1.65. The van der Waals surface area contributed by atoms with Gasteiger partial charge in [0.1, 0.15) is 5.82 Å². The van der Waals surface area contributed by atoms with E-state index >= 15 is 0 Å². The Labute approximate surface area is 93.5 Å². The summed E-state index contributed by atoms with van der Waals surface area (Å²) in [5, 5.41) is 0. The van der Waals surface area contributed by atoms with Gasteiger partial charge in [0, 0.05) is 18.3 Å². The number of rotatable bonds is 1. The fourth-order valence-corrected chi connectivity index (χ4v) is 2.54. The van der Waals surface area contributed by atoms with Crippen LogP contribution in [0.25, 0.3) is 0 Å². The van der Waals surface area contributed by atoms with Crippen molar-refractivity contribution < 1.29 is 0 Å². The minimum absolute atomic E-state index is 0.247. The van der Waals surface area contributed by atoms with E-state index in [2.05, 4.69) is 45.7 Å². The molecule has 0 aromatic carbocycles. The van der Waals surface area contributed by atoms with Gasteiger partial charge in [-0.15, -0.1) is 0 Å². The molecule has 0 saturated carbocycles. The number of hydrogen-bond donors (Lipinski definition) is 0. The van der Waals surface area contributed by atoms with E-state index in [-0.39, 0.29) is 5.54 Å². The van der Waals surface area contributed by atoms with Crippen LogP contribution in [0.3, 0.4) is 0 Å². The third-order valence-electron chi connectivity index (χ3n) is 2.90. The van der Waals surface area contributed by atoms with Crippen molar-refractivity contribution in [3.05, 3.63) is 22.8 Å². The van der Waals surface area contributed by atoms with Gasteiger partial charge in [0.05, 0.1) is 4.47 Å². The largest absolute Gasteiger partial charge is 0.351 e. The van der Waals surface area contributed by atoms with Gasteiger partial charge in [0.25, 0.3) is 0 Å². The number of anilines is 1. The van der Waals surface area contributed by atoms with Crippen molar-refractivity contribution in [1.82, 2.24) is 4.98 Å². The summed E-state index contributed by atoms with van der Waals surface area (Å²) in [5.41, 5.74) is 0.247. The van der Waals surface area contributed by atoms with Crippen LogP contribution in [-0.4, -0.2) is 17.1 Å². The summed E-state index contributed by atoms with van der Waals surface area (Å²) in [6, 6.07) is 4.01. The standard InChI is InChI=1S/C11H15BrN2/c1-11(2)6-4-8-14(11)10-9(12)5-3-7-13-10/h3,5,7H,4,6,8H2,1-2H3. The Morgan fingerprint density at radius 3 is 2.86 bits per heavy atom. The fraction of sp³-hybridized carbons (Fsp3) is 0.545. The van der Waals surface area contributed by atoms with E-state index in [1.165, 1.54) is 12.8 Å². The van der Waals surface area contributed by atoms with Gasteiger partial charge in [-0.1, -0.05) is 0 Å². The van der Waals surface area contributed by atoms with Crippen molar-refractivity contribution in [3.63, 3.8) is 0 Å². The molecule has 14 heavy (non-hydrogen) atoms. The van der Waals surface area contributed by atoms with Crippen molar-refractivity contribution in [2.45, 2.75) is 32.2 Å². The van der Waals surface area contributed by atoms with Crippen molar-refractivity contribution >= 4 is 21.7 Å². The lowest BCUT2D eigenvalue weighted by Gasteiger charge is -2.33. The summed E-state index contributed by atoms with van der Waals surface area (Å²) >= 11 is 3.55. The van der Waals surface area contributed by atoms with Crippen LogP contribution in [0.2, 0.25) is 0 Å². The topological polar surface area (TPSA) is 16.1 Å². The van der Waals surface area contributed by atoms with Crippen molar-refractivity contribution in [2.75, 3.05) is 11.4 Å². The zero-order chi connectivity index (χ0) is 10.2. The molecule has 1 saturated heterocycles. The smallest absolute Gasteiger partial charge is 0.143 e. The van der Waals surface area contributed by atoms with Gasteiger partial charge in [-0.25, -0.2) is 4.98 Å². The van der Waals surface area contributed by atoms with Gasteiger partial charge in [0.15, 0.2) is 0 Å². The number of aromatic nitrogens is 1. The highest BCUT2D eigenvalue weighted by atomic mass is 79.9. The molecule has 0 amide bonds. The zero-order valence-corrected chi connectivity index (χ0v) is 10.2. The molecule has 1 aromatic heterocycles. The lowest BCUT2D eigenvalue weighted by atomic mass is 10.0. The summed E-state index contributed by atoms with van der Waals surface area (Å²) in [4.78, 5) is 6.82. The normalized spacial score (nSPS) is 20.1. The molecule has 2 nitrogen and oxygen atoms in total. The highest BCUT2D eigenvalue weighted by molar-refractivity contribution is 9.10. The van der Waals surface area contributed by atoms with Crippen molar-refractivity contribution in [2.24, 2.45) is 0 Å². The average Bonchev–Trinajstić information content (AvgIpc) is 2.46. The van der Waals surface area contributed by atoms with E-state index in [0.29, 0.717) is 0 Å². The van der Waals surface area contributed by atoms with Gasteiger partial charge >= 0.3 is 0 Å². The Morgan fingerprint density at radius 1 is 1.50 bits per heavy atom. The molecule has 1 aliphatic rings. The number of hydrogen-bond acceptors (Lipinski definition) is 2. The Kier molecular flexibility index (Phi) is 2.52. The SMILES string of the molecule is CC1(C)CCCN1c1ncccc1Br. The molecule has 76 valence electrons. The second kappa shape index (κ2) is 3.54. The Hall–Kier alpha value is -0.570. The molecule has 3 heteroatoms. The molecule has 2 rings (SSSR count). The molecule has 0 spiro atoms. The lowest BCUT2D eigenvalue weighted by molar-refractivity contribution is 0.514. The van der Waals surface area contributed by atoms with E-state index in [0.717, 1.165) is 16.8 Å². The second-order valence-electron chi connectivity index (χ2n) is 4.38. The highest BCUT2D eigenvalue weighted by Crippen LogP contribution is 2.35. The maximum absolute atomic E-state index is 4.43. The van der Waals surface area contributed by atoms with Crippen molar-refractivity contribution in [3.8, 4) is 0 Å². The second-order valence-corrected chi connectivity index (χ2v) is 5.23. The number of halogens is 1. The van der Waals surface area contributed by atoms with Gasteiger partial charge in [-0.3, -0.25) is 0 Å². The molecule has 2 heterocycles. The summed E-state index contributed by atoms with van der Waals surface area (Å²) in [6.45, 7) is 5.67. The molecule has 0 radical (unpaired) electrons. The number of nitrogens with zero attached hydrogens (tertiary/aromatic N) is 2. The molecule has 0 N–H and O–H groups in total. The van der Waals surface area contributed by atoms with Crippen LogP contribution in [-0.2, 0) is 0 Å². The first-order valence-electron chi connectivity index (χ1n) is 4.99. The molecule has 1 aliphatic heterocycles. The summed E-state index contributed by atoms with van der Waals surface area (Å²) in [6.07, 6.45) is 4.36. The predicted octanol–water partition coefficient (Wildman–Crippen LogP) is 3.22. The number of pyridine rings is 1. The minimum atomic E-state index is 0.247. The highest BCUT2D eigenvalue weighted by Gasteiger charge is 2.33. The van der Waals surface area contributed by atoms with Crippen LogP contribution in [0, 0.1) is 0 Å². The fourth-order valence-electron chi connectivity index (χ4n) is 2.08. The summed E-state index contributed by atoms with van der Waals surface area (Å²) < 4.78 is 1.09. The molecule has 0 unspecified atom stereocenters. The minimum Gasteiger partial charge on any atom is -0.351 e. The molecular weight excluding hydrogens is 240 g/mol. The third-order valence-corrected chi connectivity index (χ3v) is 3.51. The maximum Gasteiger partial charge on any atom is 0.143 e. The molecule has 0 aliphatic carbocycles. The first-order valence-corrected chi connectivity index (χ1v) is 5.79. The molecule has 1 aromatic rings. The van der Waals surface area contributed by atoms with E-state index < -0.39 is 0 Å². The van der Waals surface area contributed by atoms with Crippen molar-refractivity contribution in [1.29, 1.82) is 0 Å². The Balaban J connectivity index is 2.36. The Morgan fingerprint density at radius 2 is 2.29 bits per heavy atom. The van der Waals surface area contributed by atoms with E-state index in [4.69, 9.17) is 0 Å². The van der Waals surface area contributed by atoms with Gasteiger partial charge < -0.3 is 4.90 Å². The summed E-state index contributed by atoms with van der Waals surface area (Å²) in [7, 11) is 0. The van der Waals surface area contributed by atoms with Gasteiger partial charge in [-0.05, 0) is 54.8 Å². The van der Waals surface area contributed by atoms with E-state index in [1.54, 1.807) is 0 Å². The maximum atomic E-state index is 4.43. The Bertz CT molecular complexity index is 336. The monoisotopic (exact) mass is 254 g/mol. The molecule has 0 atom stereocenters. The average molecular weight is 255 g/mol.